The average molecular weight is 286 g/mol. The molecule has 18 heavy (non-hydrogen) atoms. The van der Waals surface area contributed by atoms with Gasteiger partial charge in [0.25, 0.3) is 5.91 Å². The molecule has 2 rings (SSSR count). The van der Waals surface area contributed by atoms with Gasteiger partial charge in [0, 0.05) is 10.9 Å². The molecule has 1 fully saturated rings. The van der Waals surface area contributed by atoms with Gasteiger partial charge in [-0.15, -0.1) is 22.9 Å². The summed E-state index contributed by atoms with van der Waals surface area (Å²) >= 11 is 7.92. The first-order chi connectivity index (χ1) is 8.70. The fourth-order valence-corrected chi connectivity index (χ4v) is 3.55. The number of hydrogen-bond donors (Lipinski definition) is 1. The van der Waals surface area contributed by atoms with E-state index in [4.69, 9.17) is 11.6 Å². The molecule has 1 aromatic rings. The van der Waals surface area contributed by atoms with Gasteiger partial charge < -0.3 is 5.32 Å². The molecule has 1 aromatic heterocycles. The van der Waals surface area contributed by atoms with Crippen LogP contribution in [0.25, 0.3) is 0 Å². The van der Waals surface area contributed by atoms with Gasteiger partial charge >= 0.3 is 0 Å². The molecular weight excluding hydrogens is 266 g/mol. The molecule has 0 bridgehead atoms. The first-order valence-corrected chi connectivity index (χ1v) is 7.99. The minimum absolute atomic E-state index is 0.0391. The molecule has 0 aliphatic heterocycles. The number of alkyl halides is 1. The number of thiophene rings is 1. The third-order valence-corrected chi connectivity index (χ3v) is 5.23. The number of carbonyl (C=O) groups is 1. The van der Waals surface area contributed by atoms with Crippen molar-refractivity contribution in [2.24, 2.45) is 0 Å². The summed E-state index contributed by atoms with van der Waals surface area (Å²) in [5.41, 5.74) is 0. The van der Waals surface area contributed by atoms with Crippen LogP contribution < -0.4 is 5.32 Å². The van der Waals surface area contributed by atoms with Crippen LogP contribution in [0, 0.1) is 0 Å². The van der Waals surface area contributed by atoms with Crippen molar-refractivity contribution in [3.05, 3.63) is 21.9 Å². The van der Waals surface area contributed by atoms with E-state index in [0.717, 1.165) is 24.1 Å². The topological polar surface area (TPSA) is 29.1 Å². The highest BCUT2D eigenvalue weighted by Crippen LogP contribution is 2.23. The van der Waals surface area contributed by atoms with Crippen LogP contribution in [0.4, 0.5) is 0 Å². The van der Waals surface area contributed by atoms with Gasteiger partial charge in [-0.3, -0.25) is 4.79 Å². The van der Waals surface area contributed by atoms with E-state index in [1.54, 1.807) is 11.3 Å². The molecule has 100 valence electrons. The second kappa shape index (κ2) is 6.58. The Bertz CT molecular complexity index is 404. The van der Waals surface area contributed by atoms with Gasteiger partial charge in [0.2, 0.25) is 0 Å². The predicted octanol–water partition coefficient (Wildman–Crippen LogP) is 3.98. The first-order valence-electron chi connectivity index (χ1n) is 6.74. The first kappa shape index (κ1) is 13.9. The van der Waals surface area contributed by atoms with Crippen molar-refractivity contribution in [1.29, 1.82) is 0 Å². The Hall–Kier alpha value is -0.540. The molecule has 0 radical (unpaired) electrons. The van der Waals surface area contributed by atoms with E-state index in [-0.39, 0.29) is 17.3 Å². The van der Waals surface area contributed by atoms with Gasteiger partial charge in [-0.2, -0.15) is 0 Å². The van der Waals surface area contributed by atoms with Crippen molar-refractivity contribution < 1.29 is 4.79 Å². The van der Waals surface area contributed by atoms with Crippen LogP contribution in [0.15, 0.2) is 12.1 Å². The number of amides is 1. The zero-order chi connectivity index (χ0) is 13.0. The highest BCUT2D eigenvalue weighted by molar-refractivity contribution is 7.14. The Labute approximate surface area is 118 Å². The fourth-order valence-electron chi connectivity index (χ4n) is 2.35. The maximum Gasteiger partial charge on any atom is 0.261 e. The molecule has 4 heteroatoms. The van der Waals surface area contributed by atoms with Crippen molar-refractivity contribution in [1.82, 2.24) is 5.32 Å². The quantitative estimate of drug-likeness (QED) is 0.660. The number of halogens is 1. The Morgan fingerprint density at radius 1 is 1.39 bits per heavy atom. The molecule has 1 aliphatic carbocycles. The Balaban J connectivity index is 1.97. The fraction of sp³-hybridized carbons (Fsp3) is 0.643. The molecule has 1 amide bonds. The molecule has 0 spiro atoms. The van der Waals surface area contributed by atoms with Crippen molar-refractivity contribution in [3.63, 3.8) is 0 Å². The van der Waals surface area contributed by atoms with Gasteiger partial charge in [0.15, 0.2) is 0 Å². The Kier molecular flexibility index (Phi) is 5.07. The summed E-state index contributed by atoms with van der Waals surface area (Å²) in [7, 11) is 0. The zero-order valence-corrected chi connectivity index (χ0v) is 12.3. The normalized spacial score (nSPS) is 24.6. The number of aryl methyl sites for hydroxylation is 1. The van der Waals surface area contributed by atoms with E-state index in [0.29, 0.717) is 0 Å². The average Bonchev–Trinajstić information content (AvgIpc) is 2.77. The van der Waals surface area contributed by atoms with Crippen LogP contribution in [0.3, 0.4) is 0 Å². The van der Waals surface area contributed by atoms with E-state index in [2.05, 4.69) is 12.2 Å². The van der Waals surface area contributed by atoms with Crippen LogP contribution in [0.2, 0.25) is 0 Å². The van der Waals surface area contributed by atoms with Crippen LogP contribution in [-0.2, 0) is 6.42 Å². The van der Waals surface area contributed by atoms with Gasteiger partial charge in [-0.1, -0.05) is 26.2 Å². The number of carbonyl (C=O) groups excluding carboxylic acids is 1. The number of rotatable bonds is 3. The van der Waals surface area contributed by atoms with Crippen molar-refractivity contribution in [3.8, 4) is 0 Å². The molecule has 1 aliphatic rings. The summed E-state index contributed by atoms with van der Waals surface area (Å²) in [5.74, 6) is 0.0391. The van der Waals surface area contributed by atoms with E-state index in [9.17, 15) is 4.79 Å². The van der Waals surface area contributed by atoms with Crippen LogP contribution in [-0.4, -0.2) is 17.3 Å². The maximum absolute atomic E-state index is 12.1. The van der Waals surface area contributed by atoms with E-state index in [1.165, 1.54) is 24.1 Å². The van der Waals surface area contributed by atoms with Gasteiger partial charge in [0.05, 0.1) is 10.3 Å². The largest absolute Gasteiger partial charge is 0.347 e. The standard InChI is InChI=1S/C14H20ClNOS/c1-2-10-8-9-13(18-10)14(17)16-12-7-5-3-4-6-11(12)15/h8-9,11-12H,2-7H2,1H3,(H,16,17). The third-order valence-electron chi connectivity index (χ3n) is 3.48. The molecule has 0 saturated heterocycles. The lowest BCUT2D eigenvalue weighted by Gasteiger charge is -2.20. The molecular formula is C14H20ClNOS. The van der Waals surface area contributed by atoms with Gasteiger partial charge in [-0.25, -0.2) is 0 Å². The Morgan fingerprint density at radius 2 is 2.17 bits per heavy atom. The summed E-state index contributed by atoms with van der Waals surface area (Å²) in [6.45, 7) is 2.10. The SMILES string of the molecule is CCc1ccc(C(=O)NC2CCCCCC2Cl)s1. The summed E-state index contributed by atoms with van der Waals surface area (Å²) in [4.78, 5) is 14.2. The molecule has 2 nitrogen and oxygen atoms in total. The summed E-state index contributed by atoms with van der Waals surface area (Å²) < 4.78 is 0. The second-order valence-corrected chi connectivity index (χ2v) is 6.58. The van der Waals surface area contributed by atoms with Crippen molar-refractivity contribution in [2.75, 3.05) is 0 Å². The molecule has 2 unspecified atom stereocenters. The van der Waals surface area contributed by atoms with E-state index < -0.39 is 0 Å². The van der Waals surface area contributed by atoms with Crippen LogP contribution in [0.5, 0.6) is 0 Å². The van der Waals surface area contributed by atoms with E-state index >= 15 is 0 Å². The predicted molar refractivity (Wildman–Crippen MR) is 77.7 cm³/mol. The summed E-state index contributed by atoms with van der Waals surface area (Å²) in [6, 6.07) is 4.08. The van der Waals surface area contributed by atoms with Crippen molar-refractivity contribution in [2.45, 2.75) is 56.9 Å². The summed E-state index contributed by atoms with van der Waals surface area (Å²) in [6.07, 6.45) is 6.58. The molecule has 1 saturated carbocycles. The number of nitrogens with one attached hydrogen (secondary N) is 1. The lowest BCUT2D eigenvalue weighted by atomic mass is 10.1. The van der Waals surface area contributed by atoms with Crippen molar-refractivity contribution >= 4 is 28.8 Å². The van der Waals surface area contributed by atoms with E-state index in [1.807, 2.05) is 12.1 Å². The number of hydrogen-bond acceptors (Lipinski definition) is 2. The van der Waals surface area contributed by atoms with Crippen LogP contribution in [0.1, 0.15) is 53.6 Å². The summed E-state index contributed by atoms with van der Waals surface area (Å²) in [5, 5.41) is 3.19. The minimum Gasteiger partial charge on any atom is -0.347 e. The third kappa shape index (κ3) is 3.48. The lowest BCUT2D eigenvalue weighted by molar-refractivity contribution is 0.0938. The smallest absolute Gasteiger partial charge is 0.261 e. The monoisotopic (exact) mass is 285 g/mol. The molecule has 1 N–H and O–H groups in total. The molecule has 0 aromatic carbocycles. The van der Waals surface area contributed by atoms with Gasteiger partial charge in [0.1, 0.15) is 0 Å². The highest BCUT2D eigenvalue weighted by Gasteiger charge is 2.24. The zero-order valence-electron chi connectivity index (χ0n) is 10.7. The Morgan fingerprint density at radius 3 is 2.89 bits per heavy atom. The maximum atomic E-state index is 12.1. The van der Waals surface area contributed by atoms with Crippen LogP contribution >= 0.6 is 22.9 Å². The molecule has 1 heterocycles. The second-order valence-electron chi connectivity index (χ2n) is 4.85. The lowest BCUT2D eigenvalue weighted by Crippen LogP contribution is -2.40. The highest BCUT2D eigenvalue weighted by atomic mass is 35.5. The molecule has 2 atom stereocenters. The minimum atomic E-state index is 0.0391. The van der Waals surface area contributed by atoms with Gasteiger partial charge in [-0.05, 0) is 31.4 Å².